The molecule has 5 heteroatoms. The van der Waals surface area contributed by atoms with Crippen LogP contribution in [-0.4, -0.2) is 53.4 Å². The van der Waals surface area contributed by atoms with Gasteiger partial charge in [0.25, 0.3) is 0 Å². The van der Waals surface area contributed by atoms with Gasteiger partial charge in [-0.25, -0.2) is 9.67 Å². The van der Waals surface area contributed by atoms with Gasteiger partial charge in [0.05, 0.1) is 0 Å². The maximum Gasteiger partial charge on any atom is 0.138 e. The summed E-state index contributed by atoms with van der Waals surface area (Å²) >= 11 is 0. The summed E-state index contributed by atoms with van der Waals surface area (Å²) in [6.07, 6.45) is 2.55. The molecule has 1 heterocycles. The Labute approximate surface area is 97.9 Å². The average Bonchev–Trinajstić information content (AvgIpc) is 2.64. The van der Waals surface area contributed by atoms with Gasteiger partial charge in [-0.3, -0.25) is 0 Å². The average molecular weight is 225 g/mol. The van der Waals surface area contributed by atoms with Crippen molar-refractivity contribution in [2.75, 3.05) is 27.7 Å². The van der Waals surface area contributed by atoms with Crippen molar-refractivity contribution >= 4 is 0 Å². The SMILES string of the molecule is CNC(Cc1ncnn1C(C)C)CN(C)C. The number of likely N-dealkylation sites (N-methyl/N-ethyl adjacent to an activating group) is 2. The quantitative estimate of drug-likeness (QED) is 0.768. The first-order chi connectivity index (χ1) is 7.54. The van der Waals surface area contributed by atoms with Crippen LogP contribution in [0.2, 0.25) is 0 Å². The van der Waals surface area contributed by atoms with Crippen LogP contribution in [0.25, 0.3) is 0 Å². The molecule has 0 saturated heterocycles. The molecule has 1 N–H and O–H groups in total. The van der Waals surface area contributed by atoms with Crippen LogP contribution in [0, 0.1) is 0 Å². The Morgan fingerprint density at radius 3 is 2.62 bits per heavy atom. The molecular weight excluding hydrogens is 202 g/mol. The normalized spacial score (nSPS) is 13.7. The fraction of sp³-hybridized carbons (Fsp3) is 0.818. The van der Waals surface area contributed by atoms with Crippen LogP contribution in [0.5, 0.6) is 0 Å². The van der Waals surface area contributed by atoms with Gasteiger partial charge < -0.3 is 10.2 Å². The molecule has 1 rings (SSSR count). The Hall–Kier alpha value is -0.940. The van der Waals surface area contributed by atoms with Gasteiger partial charge in [0, 0.05) is 25.0 Å². The van der Waals surface area contributed by atoms with Crippen LogP contribution in [0.4, 0.5) is 0 Å². The molecule has 0 amide bonds. The highest BCUT2D eigenvalue weighted by Gasteiger charge is 2.14. The fourth-order valence-corrected chi connectivity index (χ4v) is 1.77. The summed E-state index contributed by atoms with van der Waals surface area (Å²) < 4.78 is 1.99. The van der Waals surface area contributed by atoms with E-state index in [1.165, 1.54) is 0 Å². The van der Waals surface area contributed by atoms with Gasteiger partial charge in [-0.1, -0.05) is 0 Å². The summed E-state index contributed by atoms with van der Waals surface area (Å²) in [7, 11) is 6.15. The van der Waals surface area contributed by atoms with E-state index in [0.29, 0.717) is 12.1 Å². The van der Waals surface area contributed by atoms with Gasteiger partial charge in [0.1, 0.15) is 12.2 Å². The molecule has 1 aromatic heterocycles. The number of nitrogens with zero attached hydrogens (tertiary/aromatic N) is 4. The van der Waals surface area contributed by atoms with Crippen LogP contribution >= 0.6 is 0 Å². The van der Waals surface area contributed by atoms with Crippen LogP contribution < -0.4 is 5.32 Å². The summed E-state index contributed by atoms with van der Waals surface area (Å²) in [5, 5.41) is 7.56. The molecule has 16 heavy (non-hydrogen) atoms. The van der Waals surface area contributed by atoms with Gasteiger partial charge in [0.15, 0.2) is 0 Å². The minimum Gasteiger partial charge on any atom is -0.315 e. The molecule has 0 saturated carbocycles. The zero-order chi connectivity index (χ0) is 12.1. The second-order valence-corrected chi connectivity index (χ2v) is 4.67. The first-order valence-corrected chi connectivity index (χ1v) is 5.75. The summed E-state index contributed by atoms with van der Waals surface area (Å²) in [5.41, 5.74) is 0. The standard InChI is InChI=1S/C11H23N5/c1-9(2)16-11(13-8-14-16)6-10(12-3)7-15(4)5/h8-10,12H,6-7H2,1-5H3. The molecular formula is C11H23N5. The number of hydrogen-bond donors (Lipinski definition) is 1. The van der Waals surface area contributed by atoms with Crippen molar-refractivity contribution in [2.24, 2.45) is 0 Å². The van der Waals surface area contributed by atoms with Gasteiger partial charge in [-0.2, -0.15) is 5.10 Å². The van der Waals surface area contributed by atoms with Crippen LogP contribution in [0.1, 0.15) is 25.7 Å². The van der Waals surface area contributed by atoms with Gasteiger partial charge in [-0.15, -0.1) is 0 Å². The zero-order valence-electron chi connectivity index (χ0n) is 10.9. The third kappa shape index (κ3) is 3.57. The smallest absolute Gasteiger partial charge is 0.138 e. The number of rotatable bonds is 6. The van der Waals surface area contributed by atoms with Gasteiger partial charge in [-0.05, 0) is 35.0 Å². The second-order valence-electron chi connectivity index (χ2n) is 4.67. The van der Waals surface area contributed by atoms with Gasteiger partial charge in [0.2, 0.25) is 0 Å². The first-order valence-electron chi connectivity index (χ1n) is 5.75. The highest BCUT2D eigenvalue weighted by molar-refractivity contribution is 4.91. The molecule has 0 bridgehead atoms. The van der Waals surface area contributed by atoms with Crippen LogP contribution in [0.15, 0.2) is 6.33 Å². The Morgan fingerprint density at radius 2 is 2.12 bits per heavy atom. The summed E-state index contributed by atoms with van der Waals surface area (Å²) in [4.78, 5) is 6.50. The van der Waals surface area contributed by atoms with Crippen molar-refractivity contribution in [1.29, 1.82) is 0 Å². The molecule has 1 atom stereocenters. The lowest BCUT2D eigenvalue weighted by Gasteiger charge is -2.20. The Morgan fingerprint density at radius 1 is 1.44 bits per heavy atom. The lowest BCUT2D eigenvalue weighted by molar-refractivity contribution is 0.339. The van der Waals surface area contributed by atoms with Gasteiger partial charge >= 0.3 is 0 Å². The Balaban J connectivity index is 2.66. The molecule has 0 spiro atoms. The Bertz CT molecular complexity index is 305. The molecule has 0 aliphatic carbocycles. The van der Waals surface area contributed by atoms with Crippen molar-refractivity contribution in [3.8, 4) is 0 Å². The van der Waals surface area contributed by atoms with E-state index in [1.807, 2.05) is 11.7 Å². The van der Waals surface area contributed by atoms with E-state index in [-0.39, 0.29) is 0 Å². The second kappa shape index (κ2) is 5.96. The topological polar surface area (TPSA) is 46.0 Å². The number of hydrogen-bond acceptors (Lipinski definition) is 4. The molecule has 0 radical (unpaired) electrons. The van der Waals surface area contributed by atoms with Crippen molar-refractivity contribution < 1.29 is 0 Å². The highest BCUT2D eigenvalue weighted by atomic mass is 15.3. The molecule has 1 unspecified atom stereocenters. The molecule has 0 aromatic carbocycles. The minimum absolute atomic E-state index is 0.370. The van der Waals surface area contributed by atoms with E-state index in [9.17, 15) is 0 Å². The molecule has 92 valence electrons. The van der Waals surface area contributed by atoms with E-state index in [4.69, 9.17) is 0 Å². The lowest BCUT2D eigenvalue weighted by atomic mass is 10.2. The van der Waals surface area contributed by atoms with Crippen molar-refractivity contribution in [2.45, 2.75) is 32.4 Å². The molecule has 5 nitrogen and oxygen atoms in total. The number of aromatic nitrogens is 3. The van der Waals surface area contributed by atoms with E-state index in [2.05, 4.69) is 48.2 Å². The third-order valence-electron chi connectivity index (χ3n) is 2.56. The number of nitrogens with one attached hydrogen (secondary N) is 1. The van der Waals surface area contributed by atoms with E-state index >= 15 is 0 Å². The van der Waals surface area contributed by atoms with Crippen molar-refractivity contribution in [3.63, 3.8) is 0 Å². The van der Waals surface area contributed by atoms with E-state index in [0.717, 1.165) is 18.8 Å². The maximum atomic E-state index is 4.33. The Kier molecular flexibility index (Phi) is 4.89. The maximum absolute atomic E-state index is 4.33. The predicted octanol–water partition coefficient (Wildman–Crippen LogP) is 0.551. The summed E-state index contributed by atoms with van der Waals surface area (Å²) in [6.45, 7) is 5.25. The summed E-state index contributed by atoms with van der Waals surface area (Å²) in [6, 6.07) is 0.783. The van der Waals surface area contributed by atoms with E-state index in [1.54, 1.807) is 6.33 Å². The largest absolute Gasteiger partial charge is 0.315 e. The predicted molar refractivity (Wildman–Crippen MR) is 65.5 cm³/mol. The van der Waals surface area contributed by atoms with Crippen LogP contribution in [-0.2, 0) is 6.42 Å². The molecule has 0 aliphatic heterocycles. The fourth-order valence-electron chi connectivity index (χ4n) is 1.77. The van der Waals surface area contributed by atoms with E-state index < -0.39 is 0 Å². The molecule has 0 aliphatic rings. The first kappa shape index (κ1) is 13.1. The lowest BCUT2D eigenvalue weighted by Crippen LogP contribution is -2.38. The van der Waals surface area contributed by atoms with Crippen LogP contribution in [0.3, 0.4) is 0 Å². The molecule has 0 fully saturated rings. The zero-order valence-corrected chi connectivity index (χ0v) is 10.9. The molecule has 1 aromatic rings. The third-order valence-corrected chi connectivity index (χ3v) is 2.56. The van der Waals surface area contributed by atoms with Crippen molar-refractivity contribution in [3.05, 3.63) is 12.2 Å². The van der Waals surface area contributed by atoms with Crippen molar-refractivity contribution in [1.82, 2.24) is 25.0 Å². The highest BCUT2D eigenvalue weighted by Crippen LogP contribution is 2.07. The monoisotopic (exact) mass is 225 g/mol. The minimum atomic E-state index is 0.370. The summed E-state index contributed by atoms with van der Waals surface area (Å²) in [5.74, 6) is 1.05.